The number of hydrogen-bond acceptors (Lipinski definition) is 1. The maximum Gasteiger partial charge on any atom is 0.251 e. The van der Waals surface area contributed by atoms with Crippen LogP contribution in [0.4, 0.5) is 0 Å². The van der Waals surface area contributed by atoms with Crippen LogP contribution in [0.2, 0.25) is 0 Å². The van der Waals surface area contributed by atoms with Crippen LogP contribution in [-0.2, 0) is 4.79 Å². The Morgan fingerprint density at radius 1 is 1.17 bits per heavy atom. The molecule has 2 unspecified atom stereocenters. The molecule has 1 N–H and O–H groups in total. The van der Waals surface area contributed by atoms with Crippen LogP contribution in [0, 0.1) is 11.3 Å². The van der Waals surface area contributed by atoms with Crippen LogP contribution in [0.3, 0.4) is 0 Å². The summed E-state index contributed by atoms with van der Waals surface area (Å²) in [7, 11) is 0. The Balaban J connectivity index is 0. The molecule has 0 spiro atoms. The molecule has 0 aromatic carbocycles. The van der Waals surface area contributed by atoms with Crippen molar-refractivity contribution in [1.82, 2.24) is 5.32 Å². The second-order valence-electron chi connectivity index (χ2n) is 6.42. The number of hydrogen-bond donors (Lipinski definition) is 1. The van der Waals surface area contributed by atoms with Gasteiger partial charge in [0.15, 0.2) is 0 Å². The molecule has 0 aromatic rings. The standard InChI is InChI=1S/C17H27NO.2C2H6/c1-6-8-9-14(7-2)16(19)18-15-10-13(3)11-17(4,5)12-15;2*1-2/h6-9,13,15H,1,10-12H2,2-5H3,(H,18,19);2*1-2H3/b9-8-,14-7+;;. The summed E-state index contributed by atoms with van der Waals surface area (Å²) in [4.78, 5) is 12.2. The highest BCUT2D eigenvalue weighted by Crippen LogP contribution is 2.38. The Bertz CT molecular complexity index is 391. The van der Waals surface area contributed by atoms with E-state index in [2.05, 4.69) is 32.7 Å². The van der Waals surface area contributed by atoms with Crippen LogP contribution in [0.25, 0.3) is 0 Å². The van der Waals surface area contributed by atoms with Gasteiger partial charge >= 0.3 is 0 Å². The zero-order chi connectivity index (χ0) is 18.5. The molecule has 1 rings (SSSR count). The van der Waals surface area contributed by atoms with Crippen LogP contribution >= 0.6 is 0 Å². The van der Waals surface area contributed by atoms with Crippen LogP contribution in [-0.4, -0.2) is 11.9 Å². The van der Waals surface area contributed by atoms with Crippen LogP contribution < -0.4 is 5.32 Å². The molecule has 2 atom stereocenters. The van der Waals surface area contributed by atoms with E-state index in [1.807, 2.05) is 40.7 Å². The number of amides is 1. The number of rotatable bonds is 4. The molecule has 1 saturated carbocycles. The highest BCUT2D eigenvalue weighted by Gasteiger charge is 2.32. The molecule has 0 bridgehead atoms. The summed E-state index contributed by atoms with van der Waals surface area (Å²) in [6.45, 7) is 20.4. The van der Waals surface area contributed by atoms with Gasteiger partial charge in [-0.3, -0.25) is 4.79 Å². The molecule has 0 heterocycles. The van der Waals surface area contributed by atoms with Crippen molar-refractivity contribution in [1.29, 1.82) is 0 Å². The Morgan fingerprint density at radius 2 is 1.74 bits per heavy atom. The van der Waals surface area contributed by atoms with Gasteiger partial charge in [-0.15, -0.1) is 0 Å². The number of nitrogens with one attached hydrogen (secondary N) is 1. The topological polar surface area (TPSA) is 29.1 Å². The van der Waals surface area contributed by atoms with E-state index < -0.39 is 0 Å². The Labute approximate surface area is 145 Å². The van der Waals surface area contributed by atoms with Gasteiger partial charge in [0.1, 0.15) is 0 Å². The van der Waals surface area contributed by atoms with Crippen molar-refractivity contribution >= 4 is 5.91 Å². The van der Waals surface area contributed by atoms with Crippen molar-refractivity contribution in [3.05, 3.63) is 36.5 Å². The molecular weight excluding hydrogens is 282 g/mol. The van der Waals surface area contributed by atoms with E-state index in [1.54, 1.807) is 18.2 Å². The Hall–Kier alpha value is -1.31. The molecule has 0 saturated heterocycles. The zero-order valence-electron chi connectivity index (χ0n) is 16.7. The van der Waals surface area contributed by atoms with Crippen molar-refractivity contribution < 1.29 is 4.79 Å². The molecule has 2 heteroatoms. The van der Waals surface area contributed by atoms with Crippen LogP contribution in [0.15, 0.2) is 36.5 Å². The van der Waals surface area contributed by atoms with Crippen molar-refractivity contribution in [3.8, 4) is 0 Å². The van der Waals surface area contributed by atoms with Gasteiger partial charge in [-0.1, -0.05) is 73.3 Å². The average molecular weight is 322 g/mol. The van der Waals surface area contributed by atoms with Crippen molar-refractivity contribution in [2.75, 3.05) is 0 Å². The smallest absolute Gasteiger partial charge is 0.251 e. The lowest BCUT2D eigenvalue weighted by atomic mass is 9.70. The maximum absolute atomic E-state index is 12.2. The second kappa shape index (κ2) is 13.2. The zero-order valence-corrected chi connectivity index (χ0v) is 16.7. The molecular formula is C21H39NO. The van der Waals surface area contributed by atoms with E-state index in [-0.39, 0.29) is 5.91 Å². The summed E-state index contributed by atoms with van der Waals surface area (Å²) in [6, 6.07) is 0.290. The van der Waals surface area contributed by atoms with Gasteiger partial charge in [0.25, 0.3) is 5.91 Å². The predicted molar refractivity (Wildman–Crippen MR) is 105 cm³/mol. The van der Waals surface area contributed by atoms with Crippen molar-refractivity contribution in [2.24, 2.45) is 11.3 Å². The van der Waals surface area contributed by atoms with E-state index in [0.717, 1.165) is 12.8 Å². The van der Waals surface area contributed by atoms with Crippen molar-refractivity contribution in [3.63, 3.8) is 0 Å². The maximum atomic E-state index is 12.2. The fourth-order valence-corrected chi connectivity index (χ4v) is 3.20. The monoisotopic (exact) mass is 321 g/mol. The first-order valence-corrected chi connectivity index (χ1v) is 9.14. The van der Waals surface area contributed by atoms with Gasteiger partial charge in [-0.05, 0) is 43.6 Å². The molecule has 1 amide bonds. The third kappa shape index (κ3) is 10.1. The summed E-state index contributed by atoms with van der Waals surface area (Å²) in [6.07, 6.45) is 10.5. The molecule has 2 nitrogen and oxygen atoms in total. The number of carbonyl (C=O) groups excluding carboxylic acids is 1. The molecule has 23 heavy (non-hydrogen) atoms. The third-order valence-corrected chi connectivity index (χ3v) is 3.71. The van der Waals surface area contributed by atoms with Crippen molar-refractivity contribution in [2.45, 2.75) is 80.7 Å². The quantitative estimate of drug-likeness (QED) is 0.495. The van der Waals surface area contributed by atoms with Gasteiger partial charge in [0.2, 0.25) is 0 Å². The molecule has 0 radical (unpaired) electrons. The lowest BCUT2D eigenvalue weighted by molar-refractivity contribution is -0.118. The number of allylic oxidation sites excluding steroid dienone is 3. The van der Waals surface area contributed by atoms with E-state index in [0.29, 0.717) is 22.9 Å². The van der Waals surface area contributed by atoms with Gasteiger partial charge in [0, 0.05) is 11.6 Å². The minimum atomic E-state index is 0.0236. The fraction of sp³-hybridized carbons (Fsp3) is 0.667. The summed E-state index contributed by atoms with van der Waals surface area (Å²) < 4.78 is 0. The van der Waals surface area contributed by atoms with E-state index in [9.17, 15) is 4.79 Å². The SMILES string of the molecule is C=C/C=C\C(=C/C)C(=O)NC1CC(C)CC(C)(C)C1.CC.CC. The summed E-state index contributed by atoms with van der Waals surface area (Å²) >= 11 is 0. The second-order valence-corrected chi connectivity index (χ2v) is 6.42. The van der Waals surface area contributed by atoms with Crippen LogP contribution in [0.5, 0.6) is 0 Å². The summed E-state index contributed by atoms with van der Waals surface area (Å²) in [5, 5.41) is 3.17. The third-order valence-electron chi connectivity index (χ3n) is 3.71. The lowest BCUT2D eigenvalue weighted by Gasteiger charge is -2.39. The Morgan fingerprint density at radius 3 is 2.17 bits per heavy atom. The van der Waals surface area contributed by atoms with Gasteiger partial charge in [-0.2, -0.15) is 0 Å². The molecule has 0 aromatic heterocycles. The molecule has 0 aliphatic heterocycles. The summed E-state index contributed by atoms with van der Waals surface area (Å²) in [5.74, 6) is 0.697. The first-order chi connectivity index (χ1) is 10.9. The van der Waals surface area contributed by atoms with Crippen LogP contribution in [0.1, 0.15) is 74.7 Å². The molecule has 1 aliphatic carbocycles. The fourth-order valence-electron chi connectivity index (χ4n) is 3.20. The predicted octanol–water partition coefficient (Wildman–Crippen LogP) is 6.06. The van der Waals surface area contributed by atoms with E-state index in [1.165, 1.54) is 6.42 Å². The normalized spacial score (nSPS) is 23.0. The average Bonchev–Trinajstić information content (AvgIpc) is 2.50. The lowest BCUT2D eigenvalue weighted by Crippen LogP contribution is -2.43. The highest BCUT2D eigenvalue weighted by atomic mass is 16.1. The van der Waals surface area contributed by atoms with E-state index in [4.69, 9.17) is 0 Å². The van der Waals surface area contributed by atoms with E-state index >= 15 is 0 Å². The Kier molecular flexibility index (Phi) is 13.7. The van der Waals surface area contributed by atoms with Gasteiger partial charge < -0.3 is 5.32 Å². The minimum Gasteiger partial charge on any atom is -0.349 e. The largest absolute Gasteiger partial charge is 0.349 e. The van der Waals surface area contributed by atoms with Gasteiger partial charge in [0.05, 0.1) is 0 Å². The van der Waals surface area contributed by atoms with Gasteiger partial charge in [-0.25, -0.2) is 0 Å². The first-order valence-electron chi connectivity index (χ1n) is 9.14. The molecule has 134 valence electrons. The molecule has 1 aliphatic rings. The molecule has 1 fully saturated rings. The first kappa shape index (κ1) is 23.9. The minimum absolute atomic E-state index is 0.0236. The highest BCUT2D eigenvalue weighted by molar-refractivity contribution is 5.96. The number of carbonyl (C=O) groups is 1. The summed E-state index contributed by atoms with van der Waals surface area (Å²) in [5.41, 5.74) is 1.03.